The van der Waals surface area contributed by atoms with Crippen LogP contribution in [0.1, 0.15) is 17.5 Å². The molecule has 1 aromatic carbocycles. The highest BCUT2D eigenvalue weighted by Crippen LogP contribution is 2.19. The maximum Gasteiger partial charge on any atom is 0.246 e. The van der Waals surface area contributed by atoms with Crippen molar-refractivity contribution in [2.75, 3.05) is 26.2 Å². The minimum atomic E-state index is -3.67. The monoisotopic (exact) mass is 412 g/mol. The minimum absolute atomic E-state index is 0.0807. The van der Waals surface area contributed by atoms with E-state index >= 15 is 0 Å². The highest BCUT2D eigenvalue weighted by Gasteiger charge is 2.31. The second-order valence-electron chi connectivity index (χ2n) is 6.75. The van der Waals surface area contributed by atoms with E-state index in [0.29, 0.717) is 13.0 Å². The summed E-state index contributed by atoms with van der Waals surface area (Å²) in [7, 11) is -5.52. The molecule has 148 valence electrons. The first-order valence-electron chi connectivity index (χ1n) is 8.71. The Balaban J connectivity index is 1.71. The van der Waals surface area contributed by atoms with E-state index < -0.39 is 20.0 Å². The lowest BCUT2D eigenvalue weighted by atomic mass is 10.2. The normalized spacial score (nSPS) is 17.7. The van der Waals surface area contributed by atoms with E-state index in [-0.39, 0.29) is 30.3 Å². The average molecular weight is 413 g/mol. The zero-order chi connectivity index (χ0) is 19.7. The summed E-state index contributed by atoms with van der Waals surface area (Å²) in [4.78, 5) is 0.126. The van der Waals surface area contributed by atoms with Crippen LogP contribution in [0.3, 0.4) is 0 Å². The Bertz CT molecular complexity index is 998. The Morgan fingerprint density at radius 1 is 0.963 bits per heavy atom. The minimum Gasteiger partial charge on any atom is -0.274 e. The van der Waals surface area contributed by atoms with E-state index in [0.717, 1.165) is 11.1 Å². The smallest absolute Gasteiger partial charge is 0.246 e. The molecule has 2 aromatic rings. The van der Waals surface area contributed by atoms with Crippen LogP contribution < -0.4 is 0 Å². The van der Waals surface area contributed by atoms with E-state index in [9.17, 15) is 16.8 Å². The number of nitrogens with zero attached hydrogens (tertiary/aromatic N) is 4. The van der Waals surface area contributed by atoms with Crippen molar-refractivity contribution in [2.45, 2.75) is 24.0 Å². The first-order chi connectivity index (χ1) is 12.7. The molecule has 0 bridgehead atoms. The summed E-state index contributed by atoms with van der Waals surface area (Å²) in [5.41, 5.74) is 1.80. The molecule has 2 heterocycles. The summed E-state index contributed by atoms with van der Waals surface area (Å²) in [5.74, 6) is -0.0807. The highest BCUT2D eigenvalue weighted by molar-refractivity contribution is 7.89. The lowest BCUT2D eigenvalue weighted by molar-refractivity contribution is 0.404. The largest absolute Gasteiger partial charge is 0.274 e. The molecule has 0 aliphatic carbocycles. The number of hydrogen-bond donors (Lipinski definition) is 0. The molecule has 0 unspecified atom stereocenters. The third-order valence-corrected chi connectivity index (χ3v) is 8.30. The van der Waals surface area contributed by atoms with Gasteiger partial charge in [-0.15, -0.1) is 0 Å². The van der Waals surface area contributed by atoms with Crippen molar-refractivity contribution in [3.63, 3.8) is 0 Å². The van der Waals surface area contributed by atoms with Crippen LogP contribution in [-0.4, -0.2) is 61.4 Å². The molecule has 1 saturated heterocycles. The van der Waals surface area contributed by atoms with Crippen LogP contribution in [-0.2, 0) is 32.8 Å². The molecule has 1 aliphatic rings. The fraction of sp³-hybridized carbons (Fsp3) is 0.471. The zero-order valence-corrected chi connectivity index (χ0v) is 17.1. The Labute approximate surface area is 160 Å². The van der Waals surface area contributed by atoms with Gasteiger partial charge >= 0.3 is 0 Å². The van der Waals surface area contributed by atoms with Crippen LogP contribution in [0.4, 0.5) is 0 Å². The molecule has 1 aromatic heterocycles. The van der Waals surface area contributed by atoms with Crippen LogP contribution in [0, 0.1) is 6.92 Å². The van der Waals surface area contributed by atoms with Crippen LogP contribution >= 0.6 is 0 Å². The van der Waals surface area contributed by atoms with Crippen LogP contribution in [0.15, 0.2) is 41.6 Å². The predicted octanol–water partition coefficient (Wildman–Crippen LogP) is 0.955. The van der Waals surface area contributed by atoms with Crippen LogP contribution in [0.2, 0.25) is 0 Å². The summed E-state index contributed by atoms with van der Waals surface area (Å²) >= 11 is 0. The van der Waals surface area contributed by atoms with Gasteiger partial charge in [-0.1, -0.05) is 29.8 Å². The summed E-state index contributed by atoms with van der Waals surface area (Å²) in [6, 6.07) is 7.39. The number of hydrogen-bond acceptors (Lipinski definition) is 5. The fourth-order valence-electron chi connectivity index (χ4n) is 3.06. The van der Waals surface area contributed by atoms with Crippen LogP contribution in [0.5, 0.6) is 0 Å². The summed E-state index contributed by atoms with van der Waals surface area (Å²) in [6.45, 7) is 2.82. The third-order valence-electron chi connectivity index (χ3n) is 4.60. The number of aryl methyl sites for hydroxylation is 2. The van der Waals surface area contributed by atoms with Gasteiger partial charge in [-0.2, -0.15) is 9.40 Å². The van der Waals surface area contributed by atoms with Gasteiger partial charge < -0.3 is 0 Å². The summed E-state index contributed by atoms with van der Waals surface area (Å²) < 4.78 is 55.2. The van der Waals surface area contributed by atoms with Gasteiger partial charge in [-0.25, -0.2) is 21.1 Å². The van der Waals surface area contributed by atoms with Crippen molar-refractivity contribution in [1.29, 1.82) is 0 Å². The Morgan fingerprint density at radius 2 is 1.59 bits per heavy atom. The van der Waals surface area contributed by atoms with E-state index in [1.165, 1.54) is 25.7 Å². The standard InChI is InChI=1S/C17H24N4O4S2/c1-15-4-6-16(7-5-15)14-26(22,23)20-8-3-9-21(11-10-20)27(24,25)17-12-18-19(2)13-17/h4-7,12-13H,3,8-11,14H2,1-2H3. The topological polar surface area (TPSA) is 92.6 Å². The summed E-state index contributed by atoms with van der Waals surface area (Å²) in [5, 5.41) is 3.91. The van der Waals surface area contributed by atoms with Gasteiger partial charge in [0.05, 0.1) is 11.9 Å². The van der Waals surface area contributed by atoms with Gasteiger partial charge in [0, 0.05) is 39.4 Å². The molecule has 1 fully saturated rings. The lowest BCUT2D eigenvalue weighted by Gasteiger charge is -2.21. The number of benzene rings is 1. The van der Waals surface area contributed by atoms with Crippen LogP contribution in [0.25, 0.3) is 0 Å². The Hall–Kier alpha value is -1.75. The quantitative estimate of drug-likeness (QED) is 0.729. The van der Waals surface area contributed by atoms with Gasteiger partial charge in [0.15, 0.2) is 0 Å². The van der Waals surface area contributed by atoms with Crippen molar-refractivity contribution in [3.05, 3.63) is 47.8 Å². The lowest BCUT2D eigenvalue weighted by Crippen LogP contribution is -2.37. The van der Waals surface area contributed by atoms with Gasteiger partial charge in [0.2, 0.25) is 20.0 Å². The molecule has 1 aliphatic heterocycles. The maximum absolute atomic E-state index is 12.8. The molecule has 10 heteroatoms. The molecule has 0 amide bonds. The first-order valence-corrected chi connectivity index (χ1v) is 11.8. The molecular formula is C17H24N4O4S2. The van der Waals surface area contributed by atoms with Gasteiger partial charge in [-0.3, -0.25) is 4.68 Å². The van der Waals surface area contributed by atoms with Crippen molar-refractivity contribution in [1.82, 2.24) is 18.4 Å². The zero-order valence-electron chi connectivity index (χ0n) is 15.4. The number of rotatable bonds is 5. The molecule has 0 N–H and O–H groups in total. The highest BCUT2D eigenvalue weighted by atomic mass is 32.2. The maximum atomic E-state index is 12.8. The van der Waals surface area contributed by atoms with Crippen molar-refractivity contribution < 1.29 is 16.8 Å². The van der Waals surface area contributed by atoms with Crippen molar-refractivity contribution in [2.24, 2.45) is 7.05 Å². The third kappa shape index (κ3) is 4.57. The fourth-order valence-corrected chi connectivity index (χ4v) is 6.07. The number of aromatic nitrogens is 2. The van der Waals surface area contributed by atoms with E-state index in [4.69, 9.17) is 0 Å². The Kier molecular flexibility index (Phi) is 5.71. The molecule has 3 rings (SSSR count). The summed E-state index contributed by atoms with van der Waals surface area (Å²) in [6.07, 6.45) is 3.21. The van der Waals surface area contributed by atoms with Gasteiger partial charge in [-0.05, 0) is 18.9 Å². The predicted molar refractivity (Wildman–Crippen MR) is 102 cm³/mol. The van der Waals surface area contributed by atoms with Crippen molar-refractivity contribution in [3.8, 4) is 0 Å². The van der Waals surface area contributed by atoms with Crippen molar-refractivity contribution >= 4 is 20.0 Å². The molecule has 0 radical (unpaired) electrons. The Morgan fingerprint density at radius 3 is 2.22 bits per heavy atom. The van der Waals surface area contributed by atoms with Gasteiger partial charge in [0.25, 0.3) is 0 Å². The van der Waals surface area contributed by atoms with E-state index in [1.807, 2.05) is 31.2 Å². The first kappa shape index (κ1) is 20.0. The SMILES string of the molecule is Cc1ccc(CS(=O)(=O)N2CCCN(S(=O)(=O)c3cnn(C)c3)CC2)cc1. The molecule has 0 atom stereocenters. The molecule has 8 nitrogen and oxygen atoms in total. The molecule has 0 saturated carbocycles. The van der Waals surface area contributed by atoms with E-state index in [2.05, 4.69) is 5.10 Å². The molecule has 27 heavy (non-hydrogen) atoms. The van der Waals surface area contributed by atoms with Gasteiger partial charge in [0.1, 0.15) is 4.90 Å². The second kappa shape index (κ2) is 7.70. The molecule has 0 spiro atoms. The molecular weight excluding hydrogens is 388 g/mol. The number of sulfonamides is 2. The second-order valence-corrected chi connectivity index (χ2v) is 10.7. The average Bonchev–Trinajstić information content (AvgIpc) is 2.89. The van der Waals surface area contributed by atoms with E-state index in [1.54, 1.807) is 7.05 Å².